The number of pyridine rings is 1. The van der Waals surface area contributed by atoms with Gasteiger partial charge in [0.05, 0.1) is 23.8 Å². The van der Waals surface area contributed by atoms with Gasteiger partial charge < -0.3 is 9.47 Å². The number of alkyl halides is 1. The average molecular weight is 310 g/mol. The maximum atomic E-state index is 6.23. The van der Waals surface area contributed by atoms with Crippen LogP contribution in [0.5, 0.6) is 5.75 Å². The minimum absolute atomic E-state index is 0.0699. The highest BCUT2D eigenvalue weighted by Gasteiger charge is 2.39. The normalized spacial score (nSPS) is 25.0. The fraction of sp³-hybridized carbons (Fsp3) is 0.706. The van der Waals surface area contributed by atoms with Crippen LogP contribution in [0.1, 0.15) is 56.3 Å². The van der Waals surface area contributed by atoms with Crippen LogP contribution in [0.2, 0.25) is 0 Å². The molecular formula is C17H24ClNO2. The third-order valence-corrected chi connectivity index (χ3v) is 4.96. The molecule has 116 valence electrons. The van der Waals surface area contributed by atoms with Gasteiger partial charge in [-0.3, -0.25) is 4.98 Å². The largest absolute Gasteiger partial charge is 0.488 e. The number of rotatable bonds is 3. The van der Waals surface area contributed by atoms with E-state index in [9.17, 15) is 0 Å². The van der Waals surface area contributed by atoms with Crippen molar-refractivity contribution < 1.29 is 9.47 Å². The number of hydrogen-bond donors (Lipinski definition) is 0. The van der Waals surface area contributed by atoms with Crippen molar-refractivity contribution in [3.8, 4) is 5.75 Å². The summed E-state index contributed by atoms with van der Waals surface area (Å²) < 4.78 is 12.4. The van der Waals surface area contributed by atoms with Crippen molar-refractivity contribution in [3.63, 3.8) is 0 Å². The molecule has 1 spiro atoms. The van der Waals surface area contributed by atoms with Crippen molar-refractivity contribution in [2.24, 2.45) is 0 Å². The van der Waals surface area contributed by atoms with Crippen molar-refractivity contribution in [3.05, 3.63) is 23.5 Å². The molecule has 1 aromatic heterocycles. The Kier molecular flexibility index (Phi) is 4.70. The first-order chi connectivity index (χ1) is 10.2. The molecule has 0 N–H and O–H groups in total. The quantitative estimate of drug-likeness (QED) is 0.776. The zero-order valence-electron chi connectivity index (χ0n) is 12.7. The van der Waals surface area contributed by atoms with Crippen molar-refractivity contribution in [2.45, 2.75) is 69.5 Å². The van der Waals surface area contributed by atoms with Crippen LogP contribution in [0.3, 0.4) is 0 Å². The first kappa shape index (κ1) is 15.1. The molecule has 1 aromatic rings. The average Bonchev–Trinajstić information content (AvgIpc) is 2.50. The minimum Gasteiger partial charge on any atom is -0.488 e. The van der Waals surface area contributed by atoms with Gasteiger partial charge in [0, 0.05) is 18.5 Å². The lowest BCUT2D eigenvalue weighted by atomic mass is 9.79. The molecule has 3 rings (SSSR count). The predicted octanol–water partition coefficient (Wildman–Crippen LogP) is 4.39. The van der Waals surface area contributed by atoms with Gasteiger partial charge >= 0.3 is 0 Å². The third-order valence-electron chi connectivity index (χ3n) is 4.70. The van der Waals surface area contributed by atoms with Crippen molar-refractivity contribution >= 4 is 11.6 Å². The molecule has 2 heterocycles. The van der Waals surface area contributed by atoms with Crippen LogP contribution in [-0.2, 0) is 10.6 Å². The summed E-state index contributed by atoms with van der Waals surface area (Å²) in [5, 5.41) is 0. The Labute approximate surface area is 132 Å². The molecule has 2 fully saturated rings. The van der Waals surface area contributed by atoms with E-state index in [1.54, 1.807) is 0 Å². The summed E-state index contributed by atoms with van der Waals surface area (Å²) in [6, 6.07) is 3.99. The second-order valence-electron chi connectivity index (χ2n) is 6.36. The van der Waals surface area contributed by atoms with Crippen LogP contribution in [0, 0.1) is 6.92 Å². The maximum absolute atomic E-state index is 6.23. The van der Waals surface area contributed by atoms with Crippen LogP contribution in [-0.4, -0.2) is 23.3 Å². The highest BCUT2D eigenvalue weighted by molar-refractivity contribution is 6.17. The van der Waals surface area contributed by atoms with E-state index < -0.39 is 0 Å². The Hall–Kier alpha value is -0.800. The fourth-order valence-corrected chi connectivity index (χ4v) is 3.80. The van der Waals surface area contributed by atoms with E-state index in [1.807, 2.05) is 19.1 Å². The van der Waals surface area contributed by atoms with Crippen molar-refractivity contribution in [1.82, 2.24) is 4.98 Å². The van der Waals surface area contributed by atoms with Gasteiger partial charge in [-0.1, -0.05) is 19.3 Å². The van der Waals surface area contributed by atoms with Crippen molar-refractivity contribution in [1.29, 1.82) is 0 Å². The zero-order chi connectivity index (χ0) is 14.7. The molecule has 1 aliphatic heterocycles. The smallest absolute Gasteiger partial charge is 0.142 e. The zero-order valence-corrected chi connectivity index (χ0v) is 13.5. The Bertz CT molecular complexity index is 480. The van der Waals surface area contributed by atoms with Gasteiger partial charge in [-0.15, -0.1) is 11.6 Å². The number of ether oxygens (including phenoxy) is 2. The lowest BCUT2D eigenvalue weighted by Crippen LogP contribution is -2.45. The van der Waals surface area contributed by atoms with E-state index in [1.165, 1.54) is 32.1 Å². The molecule has 1 saturated carbocycles. The van der Waals surface area contributed by atoms with Crippen molar-refractivity contribution in [2.75, 3.05) is 6.61 Å². The highest BCUT2D eigenvalue weighted by Crippen LogP contribution is 2.39. The summed E-state index contributed by atoms with van der Waals surface area (Å²) in [5.74, 6) is 1.24. The summed E-state index contributed by atoms with van der Waals surface area (Å²) in [6.07, 6.45) is 8.46. The molecule has 2 aliphatic rings. The van der Waals surface area contributed by atoms with Crippen LogP contribution in [0.15, 0.2) is 12.1 Å². The van der Waals surface area contributed by atoms with E-state index >= 15 is 0 Å². The summed E-state index contributed by atoms with van der Waals surface area (Å²) in [4.78, 5) is 4.47. The van der Waals surface area contributed by atoms with E-state index in [-0.39, 0.29) is 11.7 Å². The Morgan fingerprint density at radius 2 is 2.14 bits per heavy atom. The van der Waals surface area contributed by atoms with Gasteiger partial charge in [0.25, 0.3) is 0 Å². The van der Waals surface area contributed by atoms with Crippen LogP contribution in [0.25, 0.3) is 0 Å². The van der Waals surface area contributed by atoms with E-state index in [4.69, 9.17) is 21.1 Å². The predicted molar refractivity (Wildman–Crippen MR) is 83.9 cm³/mol. The number of aromatic nitrogens is 1. The number of halogens is 1. The second kappa shape index (κ2) is 6.53. The lowest BCUT2D eigenvalue weighted by molar-refractivity contribution is -0.129. The standard InChI is InChI=1S/C17H24ClNO2/c1-13-5-6-16(15(12-18)19-13)21-14-7-10-20-17(11-14)8-3-2-4-9-17/h5-6,14H,2-4,7-12H2,1H3. The third kappa shape index (κ3) is 3.51. The summed E-state index contributed by atoms with van der Waals surface area (Å²) in [6.45, 7) is 2.78. The van der Waals surface area contributed by atoms with Gasteiger partial charge in [-0.25, -0.2) is 0 Å². The topological polar surface area (TPSA) is 31.4 Å². The molecule has 0 radical (unpaired) electrons. The number of aryl methyl sites for hydroxylation is 1. The molecule has 4 heteroatoms. The van der Waals surface area contributed by atoms with Gasteiger partial charge in [0.2, 0.25) is 0 Å². The SMILES string of the molecule is Cc1ccc(OC2CCOC3(CCCCC3)C2)c(CCl)n1. The summed E-state index contributed by atoms with van der Waals surface area (Å²) >= 11 is 6.00. The number of nitrogens with zero attached hydrogens (tertiary/aromatic N) is 1. The van der Waals surface area contributed by atoms with E-state index in [0.717, 1.165) is 36.6 Å². The summed E-state index contributed by atoms with van der Waals surface area (Å²) in [7, 11) is 0. The molecule has 21 heavy (non-hydrogen) atoms. The molecular weight excluding hydrogens is 286 g/mol. The van der Waals surface area contributed by atoms with Gasteiger partial charge in [0.1, 0.15) is 11.9 Å². The lowest BCUT2D eigenvalue weighted by Gasteiger charge is -2.43. The molecule has 0 aromatic carbocycles. The molecule has 3 nitrogen and oxygen atoms in total. The van der Waals surface area contributed by atoms with E-state index in [0.29, 0.717) is 5.88 Å². The molecule has 0 amide bonds. The fourth-order valence-electron chi connectivity index (χ4n) is 3.61. The van der Waals surface area contributed by atoms with E-state index in [2.05, 4.69) is 4.98 Å². The molecule has 1 aliphatic carbocycles. The maximum Gasteiger partial charge on any atom is 0.142 e. The minimum atomic E-state index is 0.0699. The Morgan fingerprint density at radius 3 is 2.90 bits per heavy atom. The first-order valence-electron chi connectivity index (χ1n) is 8.04. The van der Waals surface area contributed by atoms with Crippen LogP contribution < -0.4 is 4.74 Å². The molecule has 1 saturated heterocycles. The highest BCUT2D eigenvalue weighted by atomic mass is 35.5. The molecule has 0 bridgehead atoms. The van der Waals surface area contributed by atoms with Gasteiger partial charge in [0.15, 0.2) is 0 Å². The first-order valence-corrected chi connectivity index (χ1v) is 8.57. The molecule has 1 unspecified atom stereocenters. The van der Waals surface area contributed by atoms with Crippen LogP contribution in [0.4, 0.5) is 0 Å². The number of hydrogen-bond acceptors (Lipinski definition) is 3. The Balaban J connectivity index is 1.70. The van der Waals surface area contributed by atoms with Gasteiger partial charge in [-0.05, 0) is 31.9 Å². The van der Waals surface area contributed by atoms with Crippen LogP contribution >= 0.6 is 11.6 Å². The molecule has 1 atom stereocenters. The second-order valence-corrected chi connectivity index (χ2v) is 6.62. The van der Waals surface area contributed by atoms with Gasteiger partial charge in [-0.2, -0.15) is 0 Å². The Morgan fingerprint density at radius 1 is 1.33 bits per heavy atom. The monoisotopic (exact) mass is 309 g/mol. The summed E-state index contributed by atoms with van der Waals surface area (Å²) in [5.41, 5.74) is 1.90.